The van der Waals surface area contributed by atoms with Gasteiger partial charge in [-0.3, -0.25) is 0 Å². The molecule has 1 nitrogen and oxygen atoms in total. The summed E-state index contributed by atoms with van der Waals surface area (Å²) < 4.78 is 0. The SMILES string of the molecule is CNCCC(C)CCc1c(C)c(C)cc(C)c1C. The predicted molar refractivity (Wildman–Crippen MR) is 81.4 cm³/mol. The standard InChI is InChI=1S/C17H29N/c1-12(9-10-18-6)7-8-17-15(4)13(2)11-14(3)16(17)5/h11-12,18H,7-10H2,1-6H3. The third kappa shape index (κ3) is 3.84. The van der Waals surface area contributed by atoms with Gasteiger partial charge in [0, 0.05) is 0 Å². The lowest BCUT2D eigenvalue weighted by Gasteiger charge is -2.17. The van der Waals surface area contributed by atoms with Crippen molar-refractivity contribution in [2.45, 2.75) is 53.9 Å². The van der Waals surface area contributed by atoms with Crippen molar-refractivity contribution >= 4 is 0 Å². The molecule has 1 aromatic rings. The minimum atomic E-state index is 0.803. The van der Waals surface area contributed by atoms with Crippen LogP contribution in [0.15, 0.2) is 6.07 Å². The monoisotopic (exact) mass is 247 g/mol. The molecule has 0 aromatic heterocycles. The molecule has 0 aliphatic carbocycles. The number of benzene rings is 1. The molecule has 0 saturated carbocycles. The number of hydrogen-bond donors (Lipinski definition) is 1. The van der Waals surface area contributed by atoms with Gasteiger partial charge in [0.1, 0.15) is 0 Å². The van der Waals surface area contributed by atoms with Crippen molar-refractivity contribution < 1.29 is 0 Å². The second-order valence-corrected chi connectivity index (χ2v) is 5.77. The molecule has 0 heterocycles. The largest absolute Gasteiger partial charge is 0.320 e. The van der Waals surface area contributed by atoms with E-state index in [0.717, 1.165) is 12.5 Å². The van der Waals surface area contributed by atoms with Gasteiger partial charge in [-0.15, -0.1) is 0 Å². The summed E-state index contributed by atoms with van der Waals surface area (Å²) in [5.74, 6) is 0.803. The molecule has 0 fully saturated rings. The Morgan fingerprint density at radius 1 is 1.00 bits per heavy atom. The number of aryl methyl sites for hydroxylation is 2. The van der Waals surface area contributed by atoms with Crippen LogP contribution in [0.4, 0.5) is 0 Å². The van der Waals surface area contributed by atoms with Crippen LogP contribution in [-0.2, 0) is 6.42 Å². The maximum Gasteiger partial charge on any atom is -0.00494 e. The van der Waals surface area contributed by atoms with Gasteiger partial charge in [0.25, 0.3) is 0 Å². The maximum atomic E-state index is 3.24. The Bertz CT molecular complexity index is 367. The zero-order chi connectivity index (χ0) is 13.7. The van der Waals surface area contributed by atoms with Crippen LogP contribution in [0, 0.1) is 33.6 Å². The molecule has 102 valence electrons. The van der Waals surface area contributed by atoms with Crippen molar-refractivity contribution in [3.8, 4) is 0 Å². The highest BCUT2D eigenvalue weighted by Crippen LogP contribution is 2.24. The molecule has 0 radical (unpaired) electrons. The lowest BCUT2D eigenvalue weighted by atomic mass is 9.89. The highest BCUT2D eigenvalue weighted by Gasteiger charge is 2.10. The smallest absolute Gasteiger partial charge is 0.00494 e. The molecule has 0 amide bonds. The number of nitrogens with one attached hydrogen (secondary N) is 1. The van der Waals surface area contributed by atoms with Crippen LogP contribution >= 0.6 is 0 Å². The topological polar surface area (TPSA) is 12.0 Å². The second kappa shape index (κ2) is 6.94. The van der Waals surface area contributed by atoms with Gasteiger partial charge < -0.3 is 5.32 Å². The molecule has 1 N–H and O–H groups in total. The van der Waals surface area contributed by atoms with E-state index in [1.807, 2.05) is 7.05 Å². The summed E-state index contributed by atoms with van der Waals surface area (Å²) >= 11 is 0. The van der Waals surface area contributed by atoms with E-state index in [9.17, 15) is 0 Å². The van der Waals surface area contributed by atoms with Crippen molar-refractivity contribution in [3.05, 3.63) is 33.9 Å². The fraction of sp³-hybridized carbons (Fsp3) is 0.647. The lowest BCUT2D eigenvalue weighted by Crippen LogP contribution is -2.12. The number of hydrogen-bond acceptors (Lipinski definition) is 1. The molecular weight excluding hydrogens is 218 g/mol. The second-order valence-electron chi connectivity index (χ2n) is 5.77. The van der Waals surface area contributed by atoms with Gasteiger partial charge in [0.15, 0.2) is 0 Å². The molecule has 0 aliphatic heterocycles. The molecule has 1 atom stereocenters. The van der Waals surface area contributed by atoms with Crippen LogP contribution in [0.1, 0.15) is 47.6 Å². The van der Waals surface area contributed by atoms with Gasteiger partial charge in [-0.25, -0.2) is 0 Å². The van der Waals surface area contributed by atoms with Crippen molar-refractivity contribution in [2.24, 2.45) is 5.92 Å². The molecule has 0 saturated heterocycles. The minimum Gasteiger partial charge on any atom is -0.320 e. The Morgan fingerprint density at radius 3 is 2.06 bits per heavy atom. The van der Waals surface area contributed by atoms with Crippen molar-refractivity contribution in [1.82, 2.24) is 5.32 Å². The lowest BCUT2D eigenvalue weighted by molar-refractivity contribution is 0.481. The fourth-order valence-electron chi connectivity index (χ4n) is 2.60. The summed E-state index contributed by atoms with van der Waals surface area (Å²) in [7, 11) is 2.03. The molecule has 1 rings (SSSR count). The van der Waals surface area contributed by atoms with Crippen LogP contribution in [0.5, 0.6) is 0 Å². The summed E-state index contributed by atoms with van der Waals surface area (Å²) in [6.07, 6.45) is 3.80. The fourth-order valence-corrected chi connectivity index (χ4v) is 2.60. The van der Waals surface area contributed by atoms with Gasteiger partial charge in [-0.1, -0.05) is 13.0 Å². The normalized spacial score (nSPS) is 12.8. The maximum absolute atomic E-state index is 3.24. The van der Waals surface area contributed by atoms with E-state index in [1.165, 1.54) is 41.5 Å². The Kier molecular flexibility index (Phi) is 5.87. The minimum absolute atomic E-state index is 0.803. The van der Waals surface area contributed by atoms with Crippen LogP contribution in [0.2, 0.25) is 0 Å². The van der Waals surface area contributed by atoms with E-state index < -0.39 is 0 Å². The highest BCUT2D eigenvalue weighted by molar-refractivity contribution is 5.44. The van der Waals surface area contributed by atoms with Gasteiger partial charge in [0.05, 0.1) is 0 Å². The van der Waals surface area contributed by atoms with E-state index in [4.69, 9.17) is 0 Å². The molecule has 1 aromatic carbocycles. The zero-order valence-electron chi connectivity index (χ0n) is 13.0. The van der Waals surface area contributed by atoms with E-state index in [0.29, 0.717) is 0 Å². The Labute approximate surface area is 113 Å². The summed E-state index contributed by atoms with van der Waals surface area (Å²) in [5.41, 5.74) is 7.47. The van der Waals surface area contributed by atoms with Gasteiger partial charge in [-0.2, -0.15) is 0 Å². The van der Waals surface area contributed by atoms with E-state index >= 15 is 0 Å². The first kappa shape index (κ1) is 15.2. The Balaban J connectivity index is 2.73. The van der Waals surface area contributed by atoms with Crippen LogP contribution in [0.25, 0.3) is 0 Å². The third-order valence-corrected chi connectivity index (χ3v) is 4.30. The molecular formula is C17H29N. The highest BCUT2D eigenvalue weighted by atomic mass is 14.8. The van der Waals surface area contributed by atoms with Crippen molar-refractivity contribution in [2.75, 3.05) is 13.6 Å². The van der Waals surface area contributed by atoms with E-state index in [-0.39, 0.29) is 0 Å². The van der Waals surface area contributed by atoms with Gasteiger partial charge >= 0.3 is 0 Å². The van der Waals surface area contributed by atoms with Crippen LogP contribution < -0.4 is 5.32 Å². The number of rotatable bonds is 6. The van der Waals surface area contributed by atoms with E-state index in [2.05, 4.69) is 46.0 Å². The average Bonchev–Trinajstić information content (AvgIpc) is 2.34. The first-order chi connectivity index (χ1) is 8.47. The average molecular weight is 247 g/mol. The first-order valence-electron chi connectivity index (χ1n) is 7.18. The van der Waals surface area contributed by atoms with E-state index in [1.54, 1.807) is 5.56 Å². The summed E-state index contributed by atoms with van der Waals surface area (Å²) in [5, 5.41) is 3.24. The summed E-state index contributed by atoms with van der Waals surface area (Å²) in [6, 6.07) is 2.32. The Morgan fingerprint density at radius 2 is 1.56 bits per heavy atom. The quantitative estimate of drug-likeness (QED) is 0.798. The predicted octanol–water partition coefficient (Wildman–Crippen LogP) is 4.10. The summed E-state index contributed by atoms with van der Waals surface area (Å²) in [4.78, 5) is 0. The van der Waals surface area contributed by atoms with Gasteiger partial charge in [-0.05, 0) is 94.3 Å². The molecule has 1 unspecified atom stereocenters. The molecule has 0 aliphatic rings. The Hall–Kier alpha value is -0.820. The molecule has 0 bridgehead atoms. The summed E-state index contributed by atoms with van der Waals surface area (Å²) in [6.45, 7) is 12.5. The molecule has 0 spiro atoms. The van der Waals surface area contributed by atoms with Crippen molar-refractivity contribution in [3.63, 3.8) is 0 Å². The van der Waals surface area contributed by atoms with Crippen LogP contribution in [-0.4, -0.2) is 13.6 Å². The first-order valence-corrected chi connectivity index (χ1v) is 7.18. The molecule has 18 heavy (non-hydrogen) atoms. The molecule has 1 heteroatoms. The third-order valence-electron chi connectivity index (χ3n) is 4.30. The van der Waals surface area contributed by atoms with Crippen LogP contribution in [0.3, 0.4) is 0 Å². The zero-order valence-corrected chi connectivity index (χ0v) is 13.0. The van der Waals surface area contributed by atoms with Crippen molar-refractivity contribution in [1.29, 1.82) is 0 Å². The van der Waals surface area contributed by atoms with Gasteiger partial charge in [0.2, 0.25) is 0 Å².